The normalized spacial score (nSPS) is 10.3. The fourth-order valence-electron chi connectivity index (χ4n) is 1.73. The second kappa shape index (κ2) is 5.23. The highest BCUT2D eigenvalue weighted by Gasteiger charge is 2.10. The highest BCUT2D eigenvalue weighted by atomic mass is 35.5. The molecule has 0 unspecified atom stereocenters. The van der Waals surface area contributed by atoms with E-state index >= 15 is 0 Å². The van der Waals surface area contributed by atoms with Gasteiger partial charge in [-0.15, -0.1) is 0 Å². The number of benzene rings is 2. The smallest absolute Gasteiger partial charge is 0.167 e. The van der Waals surface area contributed by atoms with Crippen LogP contribution in [0.15, 0.2) is 42.5 Å². The molecule has 0 aliphatic heterocycles. The average Bonchev–Trinajstić information content (AvgIpc) is 2.35. The first-order valence-corrected chi connectivity index (χ1v) is 6.08. The van der Waals surface area contributed by atoms with Crippen molar-refractivity contribution < 1.29 is 4.79 Å². The number of hydrogen-bond donors (Lipinski definition) is 1. The number of hydrogen-bond acceptors (Lipinski definition) is 2. The van der Waals surface area contributed by atoms with Gasteiger partial charge in [-0.1, -0.05) is 41.9 Å². The number of anilines is 1. The van der Waals surface area contributed by atoms with Gasteiger partial charge in [-0.25, -0.2) is 0 Å². The van der Waals surface area contributed by atoms with Crippen LogP contribution in [0.1, 0.15) is 21.5 Å². The van der Waals surface area contributed by atoms with E-state index in [1.807, 2.05) is 31.2 Å². The maximum atomic E-state index is 12.1. The first-order chi connectivity index (χ1) is 8.58. The Hall–Kier alpha value is -1.80. The van der Waals surface area contributed by atoms with Crippen LogP contribution in [0.25, 0.3) is 0 Å². The van der Waals surface area contributed by atoms with E-state index in [1.165, 1.54) is 0 Å². The Kier molecular flexibility index (Phi) is 3.68. The average molecular weight is 260 g/mol. The number of nitrogens with two attached hydrogens (primary N) is 1. The molecule has 2 rings (SSSR count). The standard InChI is InChI=1S/C15H14ClNO/c1-10-6-7-12(8-14(10)17)15(18)9-11-4-2-3-5-13(11)16/h2-8H,9,17H2,1H3. The summed E-state index contributed by atoms with van der Waals surface area (Å²) in [7, 11) is 0. The maximum Gasteiger partial charge on any atom is 0.167 e. The third kappa shape index (κ3) is 2.71. The molecule has 92 valence electrons. The molecule has 0 heterocycles. The minimum Gasteiger partial charge on any atom is -0.398 e. The lowest BCUT2D eigenvalue weighted by molar-refractivity contribution is 0.0993. The van der Waals surface area contributed by atoms with Crippen LogP contribution in [-0.2, 0) is 6.42 Å². The Morgan fingerprint density at radius 3 is 2.61 bits per heavy atom. The summed E-state index contributed by atoms with van der Waals surface area (Å²) in [5.74, 6) is 0.0230. The van der Waals surface area contributed by atoms with Crippen LogP contribution in [0.5, 0.6) is 0 Å². The van der Waals surface area contributed by atoms with Gasteiger partial charge >= 0.3 is 0 Å². The van der Waals surface area contributed by atoms with Gasteiger partial charge in [0.25, 0.3) is 0 Å². The Balaban J connectivity index is 2.22. The molecule has 0 aliphatic carbocycles. The summed E-state index contributed by atoms with van der Waals surface area (Å²) in [5, 5.41) is 0.617. The number of halogens is 1. The van der Waals surface area contributed by atoms with Gasteiger partial charge in [-0.2, -0.15) is 0 Å². The molecule has 2 N–H and O–H groups in total. The third-order valence-corrected chi connectivity index (χ3v) is 3.28. The van der Waals surface area contributed by atoms with E-state index in [9.17, 15) is 4.79 Å². The Bertz CT molecular complexity index is 593. The lowest BCUT2D eigenvalue weighted by Crippen LogP contribution is -2.05. The van der Waals surface area contributed by atoms with E-state index in [0.717, 1.165) is 11.1 Å². The molecule has 2 aromatic rings. The molecule has 0 radical (unpaired) electrons. The molecule has 2 aromatic carbocycles. The van der Waals surface area contributed by atoms with Gasteiger partial charge in [-0.3, -0.25) is 4.79 Å². The van der Waals surface area contributed by atoms with Crippen LogP contribution in [-0.4, -0.2) is 5.78 Å². The van der Waals surface area contributed by atoms with Crippen LogP contribution in [0.2, 0.25) is 5.02 Å². The van der Waals surface area contributed by atoms with Crippen molar-refractivity contribution >= 4 is 23.1 Å². The second-order valence-electron chi connectivity index (χ2n) is 4.26. The molecular formula is C15H14ClNO. The molecular weight excluding hydrogens is 246 g/mol. The predicted octanol–water partition coefficient (Wildman–Crippen LogP) is 3.66. The topological polar surface area (TPSA) is 43.1 Å². The van der Waals surface area contributed by atoms with Crippen LogP contribution < -0.4 is 5.73 Å². The number of ketones is 1. The van der Waals surface area contributed by atoms with Crippen LogP contribution in [0, 0.1) is 6.92 Å². The summed E-state index contributed by atoms with van der Waals surface area (Å²) in [4.78, 5) is 12.1. The predicted molar refractivity (Wildman–Crippen MR) is 75.1 cm³/mol. The first kappa shape index (κ1) is 12.7. The summed E-state index contributed by atoms with van der Waals surface area (Å²) in [6, 6.07) is 12.7. The zero-order chi connectivity index (χ0) is 13.1. The lowest BCUT2D eigenvalue weighted by Gasteiger charge is -2.06. The summed E-state index contributed by atoms with van der Waals surface area (Å²) in [5.41, 5.74) is 8.88. The third-order valence-electron chi connectivity index (χ3n) is 2.91. The Labute approximate surface area is 111 Å². The fraction of sp³-hybridized carbons (Fsp3) is 0.133. The SMILES string of the molecule is Cc1ccc(C(=O)Cc2ccccc2Cl)cc1N. The van der Waals surface area contributed by atoms with Crippen LogP contribution in [0.4, 0.5) is 5.69 Å². The zero-order valence-corrected chi connectivity index (χ0v) is 10.9. The minimum absolute atomic E-state index is 0.0230. The summed E-state index contributed by atoms with van der Waals surface area (Å²) in [6.45, 7) is 1.91. The van der Waals surface area contributed by atoms with Gasteiger partial charge < -0.3 is 5.73 Å². The molecule has 0 saturated heterocycles. The number of Topliss-reactive ketones (excluding diaryl/α,β-unsaturated/α-hetero) is 1. The fourth-order valence-corrected chi connectivity index (χ4v) is 1.93. The van der Waals surface area contributed by atoms with E-state index < -0.39 is 0 Å². The highest BCUT2D eigenvalue weighted by Crippen LogP contribution is 2.19. The molecule has 0 bridgehead atoms. The van der Waals surface area contributed by atoms with Gasteiger partial charge in [0.2, 0.25) is 0 Å². The van der Waals surface area contributed by atoms with E-state index in [-0.39, 0.29) is 5.78 Å². The Morgan fingerprint density at radius 1 is 1.22 bits per heavy atom. The monoisotopic (exact) mass is 259 g/mol. The number of aryl methyl sites for hydroxylation is 1. The largest absolute Gasteiger partial charge is 0.398 e. The zero-order valence-electron chi connectivity index (χ0n) is 10.1. The molecule has 2 nitrogen and oxygen atoms in total. The molecule has 0 spiro atoms. The summed E-state index contributed by atoms with van der Waals surface area (Å²) < 4.78 is 0. The highest BCUT2D eigenvalue weighted by molar-refractivity contribution is 6.31. The van der Waals surface area contributed by atoms with Crippen molar-refractivity contribution in [1.82, 2.24) is 0 Å². The van der Waals surface area contributed by atoms with Crippen molar-refractivity contribution in [2.24, 2.45) is 0 Å². The summed E-state index contributed by atoms with van der Waals surface area (Å²) >= 11 is 6.04. The quantitative estimate of drug-likeness (QED) is 0.675. The van der Waals surface area contributed by atoms with E-state index in [4.69, 9.17) is 17.3 Å². The molecule has 0 saturated carbocycles. The summed E-state index contributed by atoms with van der Waals surface area (Å²) in [6.07, 6.45) is 0.294. The van der Waals surface area contributed by atoms with Gasteiger partial charge in [0.1, 0.15) is 0 Å². The Morgan fingerprint density at radius 2 is 1.94 bits per heavy atom. The van der Waals surface area contributed by atoms with Crippen molar-refractivity contribution in [3.8, 4) is 0 Å². The van der Waals surface area contributed by atoms with Crippen molar-refractivity contribution in [3.63, 3.8) is 0 Å². The number of carbonyl (C=O) groups is 1. The van der Waals surface area contributed by atoms with Gasteiger partial charge in [0.05, 0.1) is 0 Å². The van der Waals surface area contributed by atoms with Crippen molar-refractivity contribution in [3.05, 3.63) is 64.2 Å². The number of carbonyl (C=O) groups excluding carboxylic acids is 1. The molecule has 0 fully saturated rings. The first-order valence-electron chi connectivity index (χ1n) is 5.70. The minimum atomic E-state index is 0.0230. The molecule has 0 aromatic heterocycles. The maximum absolute atomic E-state index is 12.1. The van der Waals surface area contributed by atoms with Gasteiger partial charge in [0.15, 0.2) is 5.78 Å². The van der Waals surface area contributed by atoms with Crippen LogP contribution >= 0.6 is 11.6 Å². The van der Waals surface area contributed by atoms with Crippen molar-refractivity contribution in [2.75, 3.05) is 5.73 Å². The second-order valence-corrected chi connectivity index (χ2v) is 4.67. The number of rotatable bonds is 3. The van der Waals surface area contributed by atoms with Gasteiger partial charge in [-0.05, 0) is 30.2 Å². The lowest BCUT2D eigenvalue weighted by atomic mass is 10.0. The molecule has 0 atom stereocenters. The van der Waals surface area contributed by atoms with Crippen molar-refractivity contribution in [1.29, 1.82) is 0 Å². The molecule has 18 heavy (non-hydrogen) atoms. The number of nitrogen functional groups attached to an aromatic ring is 1. The molecule has 0 amide bonds. The van der Waals surface area contributed by atoms with E-state index in [0.29, 0.717) is 22.7 Å². The van der Waals surface area contributed by atoms with Crippen molar-refractivity contribution in [2.45, 2.75) is 13.3 Å². The molecule has 0 aliphatic rings. The van der Waals surface area contributed by atoms with E-state index in [1.54, 1.807) is 18.2 Å². The molecule has 3 heteroatoms. The van der Waals surface area contributed by atoms with Crippen LogP contribution in [0.3, 0.4) is 0 Å². The van der Waals surface area contributed by atoms with E-state index in [2.05, 4.69) is 0 Å². The van der Waals surface area contributed by atoms with Gasteiger partial charge in [0, 0.05) is 22.7 Å².